The zero-order valence-electron chi connectivity index (χ0n) is 26.5. The molecule has 2 unspecified atom stereocenters. The van der Waals surface area contributed by atoms with Gasteiger partial charge in [-0.1, -0.05) is 6.07 Å². The van der Waals surface area contributed by atoms with E-state index in [-0.39, 0.29) is 51.7 Å². The van der Waals surface area contributed by atoms with Gasteiger partial charge in [0.25, 0.3) is 0 Å². The predicted molar refractivity (Wildman–Crippen MR) is 170 cm³/mol. The molecule has 0 radical (unpaired) electrons. The van der Waals surface area contributed by atoms with Crippen LogP contribution in [0.3, 0.4) is 0 Å². The Balaban J connectivity index is 0.000000232. The van der Waals surface area contributed by atoms with Crippen LogP contribution in [-0.2, 0) is 17.6 Å². The maximum absolute atomic E-state index is 12.7. The van der Waals surface area contributed by atoms with Crippen molar-refractivity contribution in [1.82, 2.24) is 0 Å². The molecule has 0 amide bonds. The second-order valence-corrected chi connectivity index (χ2v) is 12.0. The molecular weight excluding hydrogens is 644 g/mol. The molecule has 258 valence electrons. The van der Waals surface area contributed by atoms with Gasteiger partial charge in [0, 0.05) is 35.2 Å². The van der Waals surface area contributed by atoms with E-state index in [1.54, 1.807) is 6.07 Å². The van der Waals surface area contributed by atoms with E-state index >= 15 is 0 Å². The first-order chi connectivity index (χ1) is 23.1. The third-order valence-electron chi connectivity index (χ3n) is 8.07. The Labute approximate surface area is 279 Å². The van der Waals surface area contributed by atoms with Crippen molar-refractivity contribution in [3.05, 3.63) is 82.4 Å². The van der Waals surface area contributed by atoms with Gasteiger partial charge in [-0.3, -0.25) is 0 Å². The summed E-state index contributed by atoms with van der Waals surface area (Å²) in [7, 11) is 1.49. The largest absolute Gasteiger partial charge is 0.508 e. The first-order valence-electron chi connectivity index (χ1n) is 14.9. The zero-order chi connectivity index (χ0) is 35.8. The van der Waals surface area contributed by atoms with Crippen LogP contribution < -0.4 is 14.2 Å². The number of esters is 1. The molecule has 0 spiro atoms. The van der Waals surface area contributed by atoms with Crippen molar-refractivity contribution in [2.75, 3.05) is 7.11 Å². The summed E-state index contributed by atoms with van der Waals surface area (Å²) < 4.78 is 22.4. The van der Waals surface area contributed by atoms with Crippen LogP contribution in [0.4, 0.5) is 0 Å². The summed E-state index contributed by atoms with van der Waals surface area (Å²) in [4.78, 5) is 23.8. The molecule has 8 N–H and O–H groups in total. The van der Waals surface area contributed by atoms with Crippen LogP contribution in [0.2, 0.25) is 0 Å². The number of aromatic hydroxyl groups is 7. The summed E-state index contributed by atoms with van der Waals surface area (Å²) in [5, 5.41) is 77.3. The molecule has 49 heavy (non-hydrogen) atoms. The molecule has 14 nitrogen and oxygen atoms in total. The van der Waals surface area contributed by atoms with Gasteiger partial charge in [-0.2, -0.15) is 0 Å². The Morgan fingerprint density at radius 3 is 2.12 bits per heavy atom. The Morgan fingerprint density at radius 1 is 0.796 bits per heavy atom. The molecule has 4 aromatic carbocycles. The predicted octanol–water partition coefficient (Wildman–Crippen LogP) is 5.02. The van der Waals surface area contributed by atoms with E-state index in [1.165, 1.54) is 37.4 Å². The van der Waals surface area contributed by atoms with Crippen LogP contribution in [0.5, 0.6) is 57.5 Å². The molecule has 0 bridgehead atoms. The van der Waals surface area contributed by atoms with Crippen molar-refractivity contribution in [1.29, 1.82) is 0 Å². The van der Waals surface area contributed by atoms with E-state index in [2.05, 4.69) is 0 Å². The molecule has 2 aliphatic heterocycles. The number of fused-ring (bicyclic) bond motifs is 2. The van der Waals surface area contributed by atoms with E-state index in [4.69, 9.17) is 24.1 Å². The standard InChI is InChI=1S/C22H18O10.C13H16O4/c23-11-6-14(25)12-8-19(32-22(30)10-4-16(27)20(29)17(28)5-10)21(31-18(12)7-11)9-1-2-13(24)15(26)3-9;1-13(2)7-6-8-10(17-13)5-4-9(12(14)15)11(8)16-3/h1-7,19,21,23-29H,8H2;4-5H,6-7H2,1-3H3,(H,14,15). The summed E-state index contributed by atoms with van der Waals surface area (Å²) in [5.41, 5.74) is 1.16. The maximum atomic E-state index is 12.7. The third kappa shape index (κ3) is 7.07. The van der Waals surface area contributed by atoms with Crippen molar-refractivity contribution >= 4 is 11.9 Å². The molecular formula is C35H34O14. The van der Waals surface area contributed by atoms with Gasteiger partial charge in [-0.05, 0) is 63.1 Å². The average molecular weight is 679 g/mol. The molecule has 0 saturated carbocycles. The minimum atomic E-state index is -1.06. The van der Waals surface area contributed by atoms with Crippen LogP contribution in [0.15, 0.2) is 54.6 Å². The molecule has 2 aliphatic rings. The molecule has 14 heteroatoms. The molecule has 4 aromatic rings. The van der Waals surface area contributed by atoms with Crippen molar-refractivity contribution < 1.29 is 69.4 Å². The Bertz CT molecular complexity index is 1910. The summed E-state index contributed by atoms with van der Waals surface area (Å²) in [6.07, 6.45) is -0.507. The van der Waals surface area contributed by atoms with Crippen molar-refractivity contribution in [2.24, 2.45) is 0 Å². The summed E-state index contributed by atoms with van der Waals surface area (Å²) in [6, 6.07) is 11.3. The van der Waals surface area contributed by atoms with Gasteiger partial charge < -0.3 is 59.8 Å². The Kier molecular flexibility index (Phi) is 9.16. The molecule has 0 aliphatic carbocycles. The fourth-order valence-electron chi connectivity index (χ4n) is 5.60. The number of methoxy groups -OCH3 is 1. The van der Waals surface area contributed by atoms with E-state index in [0.29, 0.717) is 11.3 Å². The molecule has 2 heterocycles. The minimum Gasteiger partial charge on any atom is -0.508 e. The number of phenols is 7. The molecule has 0 aromatic heterocycles. The van der Waals surface area contributed by atoms with Crippen molar-refractivity contribution in [3.63, 3.8) is 0 Å². The van der Waals surface area contributed by atoms with Gasteiger partial charge in [0.15, 0.2) is 34.9 Å². The quantitative estimate of drug-likeness (QED) is 0.102. The Morgan fingerprint density at radius 2 is 1.49 bits per heavy atom. The highest BCUT2D eigenvalue weighted by atomic mass is 16.6. The lowest BCUT2D eigenvalue weighted by molar-refractivity contribution is -0.0189. The van der Waals surface area contributed by atoms with Gasteiger partial charge in [-0.15, -0.1) is 0 Å². The highest BCUT2D eigenvalue weighted by Gasteiger charge is 2.37. The first kappa shape index (κ1) is 34.2. The first-order valence-corrected chi connectivity index (χ1v) is 14.9. The number of hydrogen-bond donors (Lipinski definition) is 8. The summed E-state index contributed by atoms with van der Waals surface area (Å²) >= 11 is 0. The van der Waals surface area contributed by atoms with E-state index in [1.807, 2.05) is 13.8 Å². The zero-order valence-corrected chi connectivity index (χ0v) is 26.5. The number of aromatic carboxylic acids is 1. The fraction of sp³-hybridized carbons (Fsp3) is 0.257. The fourth-order valence-corrected chi connectivity index (χ4v) is 5.60. The summed E-state index contributed by atoms with van der Waals surface area (Å²) in [5.74, 6) is -4.26. The van der Waals surface area contributed by atoms with Crippen LogP contribution >= 0.6 is 0 Å². The number of carbonyl (C=O) groups is 2. The highest BCUT2D eigenvalue weighted by molar-refractivity contribution is 5.92. The van der Waals surface area contributed by atoms with Crippen molar-refractivity contribution in [3.8, 4) is 57.5 Å². The van der Waals surface area contributed by atoms with E-state index < -0.39 is 47.1 Å². The second-order valence-electron chi connectivity index (χ2n) is 12.0. The van der Waals surface area contributed by atoms with Crippen LogP contribution in [0, 0.1) is 0 Å². The number of benzene rings is 4. The normalized spacial score (nSPS) is 17.1. The SMILES string of the molecule is COc1c(C(=O)O)ccc2c1CCC(C)(C)O2.O=C(OC1Cc2c(O)cc(O)cc2OC1c1ccc(O)c(O)c1)c1cc(O)c(O)c(O)c1. The minimum absolute atomic E-state index is 0.0461. The smallest absolute Gasteiger partial charge is 0.339 e. The van der Waals surface area contributed by atoms with Gasteiger partial charge in [-0.25, -0.2) is 9.59 Å². The average Bonchev–Trinajstić information content (AvgIpc) is 3.03. The van der Waals surface area contributed by atoms with Gasteiger partial charge in [0.05, 0.1) is 12.7 Å². The number of carboxylic acid groups (broad SMARTS) is 1. The van der Waals surface area contributed by atoms with Gasteiger partial charge in [0.2, 0.25) is 0 Å². The highest BCUT2D eigenvalue weighted by Crippen LogP contribution is 2.45. The monoisotopic (exact) mass is 678 g/mol. The van der Waals surface area contributed by atoms with Crippen LogP contribution in [0.1, 0.15) is 63.8 Å². The molecule has 0 saturated heterocycles. The number of carboxylic acids is 1. The van der Waals surface area contributed by atoms with E-state index in [0.717, 1.165) is 42.4 Å². The summed E-state index contributed by atoms with van der Waals surface area (Å²) in [6.45, 7) is 4.04. The van der Waals surface area contributed by atoms with Crippen LogP contribution in [-0.4, -0.2) is 71.6 Å². The lowest BCUT2D eigenvalue weighted by Gasteiger charge is -2.34. The number of carbonyl (C=O) groups excluding carboxylic acids is 1. The van der Waals surface area contributed by atoms with Gasteiger partial charge >= 0.3 is 11.9 Å². The third-order valence-corrected chi connectivity index (χ3v) is 8.07. The molecule has 6 rings (SSSR count). The Hall–Kier alpha value is -6.18. The number of rotatable bonds is 5. The second kappa shape index (κ2) is 13.1. The van der Waals surface area contributed by atoms with Gasteiger partial charge in [0.1, 0.15) is 46.0 Å². The number of phenolic OH excluding ortho intramolecular Hbond substituents is 7. The lowest BCUT2D eigenvalue weighted by Crippen LogP contribution is -2.34. The van der Waals surface area contributed by atoms with Crippen LogP contribution in [0.25, 0.3) is 0 Å². The number of ether oxygens (including phenoxy) is 4. The lowest BCUT2D eigenvalue weighted by atomic mass is 9.92. The molecule has 2 atom stereocenters. The van der Waals surface area contributed by atoms with E-state index in [9.17, 15) is 45.3 Å². The topological polar surface area (TPSA) is 233 Å². The number of hydrogen-bond acceptors (Lipinski definition) is 13. The molecule has 0 fully saturated rings. The van der Waals surface area contributed by atoms with Crippen molar-refractivity contribution in [2.45, 2.75) is 50.9 Å². The maximum Gasteiger partial charge on any atom is 0.339 e.